The summed E-state index contributed by atoms with van der Waals surface area (Å²) < 4.78 is 13.1. The van der Waals surface area contributed by atoms with E-state index in [4.69, 9.17) is 9.47 Å². The molecule has 6 heteroatoms. The molecule has 0 N–H and O–H groups in total. The molecule has 1 saturated carbocycles. The van der Waals surface area contributed by atoms with Gasteiger partial charge >= 0.3 is 0 Å². The Labute approximate surface area is 158 Å². The van der Waals surface area contributed by atoms with Crippen molar-refractivity contribution in [2.45, 2.75) is 31.5 Å². The summed E-state index contributed by atoms with van der Waals surface area (Å²) in [5.41, 5.74) is 2.08. The van der Waals surface area contributed by atoms with Crippen molar-refractivity contribution in [3.05, 3.63) is 47.8 Å². The van der Waals surface area contributed by atoms with E-state index < -0.39 is 0 Å². The molecule has 3 aliphatic heterocycles. The van der Waals surface area contributed by atoms with Crippen molar-refractivity contribution in [2.75, 3.05) is 26.4 Å². The normalized spacial score (nSPS) is 26.4. The van der Waals surface area contributed by atoms with Crippen molar-refractivity contribution >= 4 is 5.91 Å². The van der Waals surface area contributed by atoms with Gasteiger partial charge in [0.1, 0.15) is 5.69 Å². The summed E-state index contributed by atoms with van der Waals surface area (Å²) >= 11 is 0. The molecule has 2 fully saturated rings. The molecule has 27 heavy (non-hydrogen) atoms. The number of ether oxygens (including phenoxy) is 2. The molecule has 0 radical (unpaired) electrons. The van der Waals surface area contributed by atoms with E-state index in [9.17, 15) is 4.79 Å². The van der Waals surface area contributed by atoms with Gasteiger partial charge in [-0.2, -0.15) is 0 Å². The summed E-state index contributed by atoms with van der Waals surface area (Å²) in [6, 6.07) is 10.8. The number of likely N-dealkylation sites (tertiary alicyclic amines) is 1. The minimum Gasteiger partial charge on any atom is -0.454 e. The quantitative estimate of drug-likeness (QED) is 0.835. The highest BCUT2D eigenvalue weighted by molar-refractivity contribution is 5.94. The molecule has 6 rings (SSSR count). The van der Waals surface area contributed by atoms with Crippen LogP contribution < -0.4 is 9.47 Å². The van der Waals surface area contributed by atoms with E-state index in [0.29, 0.717) is 18.8 Å². The van der Waals surface area contributed by atoms with Crippen LogP contribution in [0, 0.1) is 5.92 Å². The minimum atomic E-state index is 0.207. The summed E-state index contributed by atoms with van der Waals surface area (Å²) in [5, 5.41) is 0. The molecule has 2 atom stereocenters. The first-order chi connectivity index (χ1) is 13.3. The summed E-state index contributed by atoms with van der Waals surface area (Å²) in [6.45, 7) is 3.99. The van der Waals surface area contributed by atoms with Crippen LogP contribution in [0.4, 0.5) is 0 Å². The summed E-state index contributed by atoms with van der Waals surface area (Å²) in [7, 11) is 0. The predicted molar refractivity (Wildman–Crippen MR) is 98.9 cm³/mol. The Morgan fingerprint density at radius 1 is 1.04 bits per heavy atom. The van der Waals surface area contributed by atoms with Crippen LogP contribution in [0.15, 0.2) is 36.5 Å². The first-order valence-corrected chi connectivity index (χ1v) is 9.85. The lowest BCUT2D eigenvalue weighted by molar-refractivity contribution is 0.0565. The SMILES string of the molecule is O=C1c2cccn2[C@H]2CN(Cc3ccc4c(c3)OCO4)C[C@@H]2N1CC1CC1. The van der Waals surface area contributed by atoms with E-state index in [1.165, 1.54) is 18.4 Å². The van der Waals surface area contributed by atoms with Crippen molar-refractivity contribution in [3.8, 4) is 11.5 Å². The first kappa shape index (κ1) is 15.6. The molecule has 1 saturated heterocycles. The van der Waals surface area contributed by atoms with Crippen molar-refractivity contribution < 1.29 is 14.3 Å². The second-order valence-electron chi connectivity index (χ2n) is 8.22. The van der Waals surface area contributed by atoms with Gasteiger partial charge in [-0.1, -0.05) is 6.07 Å². The molecular formula is C21H23N3O3. The Morgan fingerprint density at radius 3 is 2.78 bits per heavy atom. The van der Waals surface area contributed by atoms with Crippen LogP contribution in [0.1, 0.15) is 34.9 Å². The van der Waals surface area contributed by atoms with Crippen LogP contribution in [0.2, 0.25) is 0 Å². The van der Waals surface area contributed by atoms with Gasteiger partial charge in [-0.25, -0.2) is 0 Å². The number of fused-ring (bicyclic) bond motifs is 4. The number of benzene rings is 1. The third kappa shape index (κ3) is 2.54. The standard InChI is InChI=1S/C21H23N3O3/c25-21-16-2-1-7-23(16)17-11-22(12-18(17)24(21)10-14-3-4-14)9-15-5-6-19-20(8-15)27-13-26-19/h1-2,5-8,14,17-18H,3-4,9-13H2/t17-,18-/m0/s1. The number of hydrogen-bond acceptors (Lipinski definition) is 4. The topological polar surface area (TPSA) is 46.9 Å². The molecule has 0 bridgehead atoms. The number of amides is 1. The lowest BCUT2D eigenvalue weighted by Crippen LogP contribution is -2.51. The van der Waals surface area contributed by atoms with E-state index in [1.54, 1.807) is 0 Å². The highest BCUT2D eigenvalue weighted by Crippen LogP contribution is 2.39. The Bertz CT molecular complexity index is 904. The average Bonchev–Trinajstić information content (AvgIpc) is 3.07. The molecule has 0 spiro atoms. The fourth-order valence-electron chi connectivity index (χ4n) is 4.81. The number of rotatable bonds is 4. The third-order valence-electron chi connectivity index (χ3n) is 6.35. The second kappa shape index (κ2) is 5.76. The largest absolute Gasteiger partial charge is 0.454 e. The lowest BCUT2D eigenvalue weighted by Gasteiger charge is -2.38. The molecule has 1 amide bonds. The zero-order chi connectivity index (χ0) is 18.0. The summed E-state index contributed by atoms with van der Waals surface area (Å²) in [5.74, 6) is 2.58. The van der Waals surface area contributed by atoms with Crippen molar-refractivity contribution in [2.24, 2.45) is 5.92 Å². The lowest BCUT2D eigenvalue weighted by atomic mass is 10.1. The van der Waals surface area contributed by atoms with Crippen LogP contribution in [0.5, 0.6) is 11.5 Å². The molecule has 1 aliphatic carbocycles. The van der Waals surface area contributed by atoms with Gasteiger partial charge < -0.3 is 18.9 Å². The van der Waals surface area contributed by atoms with E-state index in [2.05, 4.69) is 32.7 Å². The molecular weight excluding hydrogens is 342 g/mol. The van der Waals surface area contributed by atoms with Gasteiger partial charge in [-0.15, -0.1) is 0 Å². The van der Waals surface area contributed by atoms with Gasteiger partial charge in [0.25, 0.3) is 5.91 Å². The predicted octanol–water partition coefficient (Wildman–Crippen LogP) is 2.51. The highest BCUT2D eigenvalue weighted by atomic mass is 16.7. The molecule has 6 nitrogen and oxygen atoms in total. The smallest absolute Gasteiger partial charge is 0.270 e. The van der Waals surface area contributed by atoms with E-state index >= 15 is 0 Å². The monoisotopic (exact) mass is 365 g/mol. The maximum absolute atomic E-state index is 13.0. The maximum atomic E-state index is 13.0. The number of carbonyl (C=O) groups excluding carboxylic acids is 1. The van der Waals surface area contributed by atoms with E-state index in [-0.39, 0.29) is 11.9 Å². The number of aromatic nitrogens is 1. The van der Waals surface area contributed by atoms with Crippen molar-refractivity contribution in [3.63, 3.8) is 0 Å². The van der Waals surface area contributed by atoms with E-state index in [0.717, 1.165) is 43.4 Å². The Morgan fingerprint density at radius 2 is 1.89 bits per heavy atom. The molecule has 1 aromatic heterocycles. The Kier molecular flexibility index (Phi) is 3.32. The van der Waals surface area contributed by atoms with Gasteiger partial charge in [0, 0.05) is 32.4 Å². The van der Waals surface area contributed by atoms with Crippen LogP contribution in [0.25, 0.3) is 0 Å². The van der Waals surface area contributed by atoms with Crippen LogP contribution in [-0.4, -0.2) is 52.7 Å². The average molecular weight is 365 g/mol. The molecule has 4 heterocycles. The van der Waals surface area contributed by atoms with Crippen molar-refractivity contribution in [1.29, 1.82) is 0 Å². The van der Waals surface area contributed by atoms with Gasteiger partial charge in [0.2, 0.25) is 6.79 Å². The number of hydrogen-bond donors (Lipinski definition) is 0. The van der Waals surface area contributed by atoms with Crippen molar-refractivity contribution in [1.82, 2.24) is 14.4 Å². The number of nitrogens with zero attached hydrogens (tertiary/aromatic N) is 3. The minimum absolute atomic E-state index is 0.207. The third-order valence-corrected chi connectivity index (χ3v) is 6.35. The van der Waals surface area contributed by atoms with Gasteiger partial charge in [-0.3, -0.25) is 9.69 Å². The second-order valence-corrected chi connectivity index (χ2v) is 8.22. The zero-order valence-corrected chi connectivity index (χ0v) is 15.2. The van der Waals surface area contributed by atoms with Gasteiger partial charge in [0.15, 0.2) is 11.5 Å². The molecule has 2 aromatic rings. The molecule has 1 aromatic carbocycles. The van der Waals surface area contributed by atoms with Gasteiger partial charge in [0.05, 0.1) is 12.1 Å². The molecule has 0 unspecified atom stereocenters. The van der Waals surface area contributed by atoms with Gasteiger partial charge in [-0.05, 0) is 48.6 Å². The zero-order valence-electron chi connectivity index (χ0n) is 15.2. The summed E-state index contributed by atoms with van der Waals surface area (Å²) in [6.07, 6.45) is 4.61. The number of carbonyl (C=O) groups is 1. The van der Waals surface area contributed by atoms with E-state index in [1.807, 2.05) is 18.2 Å². The fraction of sp³-hybridized carbons (Fsp3) is 0.476. The molecule has 4 aliphatic rings. The first-order valence-electron chi connectivity index (χ1n) is 9.85. The van der Waals surface area contributed by atoms with Crippen LogP contribution in [-0.2, 0) is 6.54 Å². The Balaban J connectivity index is 1.26. The fourth-order valence-corrected chi connectivity index (χ4v) is 4.81. The molecule has 140 valence electrons. The maximum Gasteiger partial charge on any atom is 0.270 e. The highest BCUT2D eigenvalue weighted by Gasteiger charge is 2.46. The van der Waals surface area contributed by atoms with Crippen LogP contribution >= 0.6 is 0 Å². The van der Waals surface area contributed by atoms with Crippen LogP contribution in [0.3, 0.4) is 0 Å². The summed E-state index contributed by atoms with van der Waals surface area (Å²) in [4.78, 5) is 17.7. The Hall–Kier alpha value is -2.47.